The number of hydrogen-bond acceptors (Lipinski definition) is 3. The maximum absolute atomic E-state index is 12.1. The van der Waals surface area contributed by atoms with Crippen molar-refractivity contribution < 1.29 is 18.9 Å². The van der Waals surface area contributed by atoms with E-state index in [1.54, 1.807) is 67.2 Å². The van der Waals surface area contributed by atoms with Crippen LogP contribution in [0.5, 0.6) is 0 Å². The molecule has 114 valence electrons. The first-order chi connectivity index (χ1) is 10.5. The maximum Gasteiger partial charge on any atom is 0.338 e. The highest BCUT2D eigenvalue weighted by Crippen LogP contribution is 2.10. The van der Waals surface area contributed by atoms with Gasteiger partial charge in [-0.1, -0.05) is 11.6 Å². The number of carbonyl (C=O) groups excluding carboxylic acids is 2. The summed E-state index contributed by atoms with van der Waals surface area (Å²) >= 11 is 5.80. The van der Waals surface area contributed by atoms with Gasteiger partial charge < -0.3 is 4.74 Å². The number of rotatable bonds is 5. The summed E-state index contributed by atoms with van der Waals surface area (Å²) in [5.41, 5.74) is 1.06. The van der Waals surface area contributed by atoms with Crippen molar-refractivity contribution in [2.24, 2.45) is 0 Å². The van der Waals surface area contributed by atoms with Crippen LogP contribution in [0.4, 0.5) is 0 Å². The Bertz CT molecular complexity index is 663. The highest BCUT2D eigenvalue weighted by molar-refractivity contribution is 6.30. The summed E-state index contributed by atoms with van der Waals surface area (Å²) in [7, 11) is 0. The Labute approximate surface area is 134 Å². The Hall–Kier alpha value is -2.20. The number of benzene rings is 1. The number of halogens is 1. The molecule has 0 aliphatic carbocycles. The first kappa shape index (κ1) is 16.2. The van der Waals surface area contributed by atoms with Gasteiger partial charge in [0.05, 0.1) is 11.7 Å². The molecule has 1 heterocycles. The monoisotopic (exact) mass is 318 g/mol. The fourth-order valence-electron chi connectivity index (χ4n) is 1.87. The number of carbonyl (C=O) groups is 2. The van der Waals surface area contributed by atoms with Gasteiger partial charge >= 0.3 is 5.97 Å². The highest BCUT2D eigenvalue weighted by atomic mass is 35.5. The van der Waals surface area contributed by atoms with E-state index in [1.165, 1.54) is 0 Å². The fraction of sp³-hybridized carbons (Fsp3) is 0.235. The summed E-state index contributed by atoms with van der Waals surface area (Å²) in [5, 5.41) is 0.595. The molecule has 0 spiro atoms. The summed E-state index contributed by atoms with van der Waals surface area (Å²) in [5.74, 6) is -0.398. The van der Waals surface area contributed by atoms with Gasteiger partial charge in [-0.25, -0.2) is 4.79 Å². The van der Waals surface area contributed by atoms with Crippen molar-refractivity contribution in [3.05, 3.63) is 64.9 Å². The van der Waals surface area contributed by atoms with E-state index < -0.39 is 0 Å². The second kappa shape index (κ2) is 7.18. The van der Waals surface area contributed by atoms with Gasteiger partial charge in [-0.2, -0.15) is 4.57 Å². The number of esters is 1. The maximum atomic E-state index is 12.1. The Morgan fingerprint density at radius 3 is 2.18 bits per heavy atom. The van der Waals surface area contributed by atoms with Crippen molar-refractivity contribution in [2.45, 2.75) is 26.5 Å². The number of nitrogens with zero attached hydrogens (tertiary/aromatic N) is 1. The van der Waals surface area contributed by atoms with Gasteiger partial charge in [0.15, 0.2) is 12.4 Å². The summed E-state index contributed by atoms with van der Waals surface area (Å²) in [6.45, 7) is 3.79. The van der Waals surface area contributed by atoms with E-state index in [2.05, 4.69) is 0 Å². The minimum atomic E-state index is -0.369. The predicted molar refractivity (Wildman–Crippen MR) is 83.0 cm³/mol. The van der Waals surface area contributed by atoms with Crippen LogP contribution in [-0.4, -0.2) is 17.9 Å². The Kier molecular flexibility index (Phi) is 5.28. The lowest BCUT2D eigenvalue weighted by molar-refractivity contribution is -0.683. The van der Waals surface area contributed by atoms with E-state index >= 15 is 0 Å². The van der Waals surface area contributed by atoms with Gasteiger partial charge in [0, 0.05) is 22.7 Å². The lowest BCUT2D eigenvalue weighted by Gasteiger charge is -2.06. The zero-order chi connectivity index (χ0) is 16.1. The molecule has 0 fully saturated rings. The van der Waals surface area contributed by atoms with Crippen LogP contribution in [-0.2, 0) is 11.3 Å². The van der Waals surface area contributed by atoms with E-state index in [9.17, 15) is 9.59 Å². The molecule has 0 aliphatic heterocycles. The average Bonchev–Trinajstić information content (AvgIpc) is 2.48. The molecule has 2 aromatic rings. The molecule has 0 amide bonds. The summed E-state index contributed by atoms with van der Waals surface area (Å²) < 4.78 is 6.82. The normalized spacial score (nSPS) is 10.5. The quantitative estimate of drug-likeness (QED) is 0.483. The summed E-state index contributed by atoms with van der Waals surface area (Å²) in [4.78, 5) is 23.9. The molecule has 4 nitrogen and oxygen atoms in total. The van der Waals surface area contributed by atoms with Crippen LogP contribution >= 0.6 is 11.6 Å². The Balaban J connectivity index is 2.03. The zero-order valence-corrected chi connectivity index (χ0v) is 13.2. The van der Waals surface area contributed by atoms with Crippen LogP contribution < -0.4 is 4.57 Å². The molecule has 1 aromatic heterocycles. The van der Waals surface area contributed by atoms with Gasteiger partial charge in [0.2, 0.25) is 12.3 Å². The fourth-order valence-corrected chi connectivity index (χ4v) is 2.00. The smallest absolute Gasteiger partial charge is 0.338 e. The van der Waals surface area contributed by atoms with Gasteiger partial charge in [-0.15, -0.1) is 0 Å². The van der Waals surface area contributed by atoms with Crippen molar-refractivity contribution in [2.75, 3.05) is 0 Å². The number of Topliss-reactive ketones (excluding diaryl/α,β-unsaturated/α-hetero) is 1. The average molecular weight is 319 g/mol. The lowest BCUT2D eigenvalue weighted by atomic mass is 10.1. The van der Waals surface area contributed by atoms with E-state index in [0.29, 0.717) is 16.1 Å². The molecule has 22 heavy (non-hydrogen) atoms. The molecule has 0 bridgehead atoms. The van der Waals surface area contributed by atoms with E-state index in [0.717, 1.165) is 0 Å². The molecule has 5 heteroatoms. The third-order valence-electron chi connectivity index (χ3n) is 2.96. The molecule has 0 atom stereocenters. The molecule has 0 unspecified atom stereocenters. The van der Waals surface area contributed by atoms with Crippen LogP contribution in [0.1, 0.15) is 34.6 Å². The van der Waals surface area contributed by atoms with Gasteiger partial charge in [-0.05, 0) is 38.1 Å². The molecule has 0 aliphatic rings. The minimum absolute atomic E-state index is 0.0285. The number of hydrogen-bond donors (Lipinski definition) is 0. The van der Waals surface area contributed by atoms with E-state index in [4.69, 9.17) is 16.3 Å². The molecular formula is C17H17ClNO3+. The SMILES string of the molecule is CC(C)OC(=O)c1cc[n+](CC(=O)c2ccc(Cl)cc2)cc1. The van der Waals surface area contributed by atoms with Gasteiger partial charge in [0.25, 0.3) is 0 Å². The van der Waals surface area contributed by atoms with Crippen LogP contribution in [0.25, 0.3) is 0 Å². The topological polar surface area (TPSA) is 47.2 Å². The zero-order valence-electron chi connectivity index (χ0n) is 12.5. The second-order valence-electron chi connectivity index (χ2n) is 5.14. The number of aromatic nitrogens is 1. The number of ketones is 1. The number of ether oxygens (including phenoxy) is 1. The highest BCUT2D eigenvalue weighted by Gasteiger charge is 2.14. The second-order valence-corrected chi connectivity index (χ2v) is 5.58. The summed E-state index contributed by atoms with van der Waals surface area (Å²) in [6.07, 6.45) is 3.21. The first-order valence-corrected chi connectivity index (χ1v) is 7.32. The third kappa shape index (κ3) is 4.40. The third-order valence-corrected chi connectivity index (χ3v) is 3.21. The molecule has 1 aromatic carbocycles. The van der Waals surface area contributed by atoms with Crippen molar-refractivity contribution in [3.8, 4) is 0 Å². The molecule has 0 saturated carbocycles. The molecule has 0 radical (unpaired) electrons. The standard InChI is InChI=1S/C17H17ClNO3/c1-12(2)22-17(21)14-7-9-19(10-8-14)11-16(20)13-3-5-15(18)6-4-13/h3-10,12H,11H2,1-2H3/q+1. The Morgan fingerprint density at radius 1 is 1.05 bits per heavy atom. The van der Waals surface area contributed by atoms with Crippen LogP contribution in [0.2, 0.25) is 5.02 Å². The minimum Gasteiger partial charge on any atom is -0.459 e. The van der Waals surface area contributed by atoms with Crippen molar-refractivity contribution in [1.29, 1.82) is 0 Å². The van der Waals surface area contributed by atoms with Crippen molar-refractivity contribution in [3.63, 3.8) is 0 Å². The predicted octanol–water partition coefficient (Wildman–Crippen LogP) is 3.08. The number of pyridine rings is 1. The lowest BCUT2D eigenvalue weighted by Crippen LogP contribution is -2.37. The molecule has 0 saturated heterocycles. The van der Waals surface area contributed by atoms with Crippen LogP contribution in [0, 0.1) is 0 Å². The molecular weight excluding hydrogens is 302 g/mol. The Morgan fingerprint density at radius 2 is 1.64 bits per heavy atom. The van der Waals surface area contributed by atoms with Gasteiger partial charge in [-0.3, -0.25) is 4.79 Å². The summed E-state index contributed by atoms with van der Waals surface area (Å²) in [6, 6.07) is 10.0. The van der Waals surface area contributed by atoms with Crippen LogP contribution in [0.15, 0.2) is 48.8 Å². The molecule has 2 rings (SSSR count). The van der Waals surface area contributed by atoms with E-state index in [1.807, 2.05) is 0 Å². The van der Waals surface area contributed by atoms with E-state index in [-0.39, 0.29) is 24.4 Å². The first-order valence-electron chi connectivity index (χ1n) is 6.94. The molecule has 0 N–H and O–H groups in total. The van der Waals surface area contributed by atoms with Gasteiger partial charge in [0.1, 0.15) is 0 Å². The van der Waals surface area contributed by atoms with Crippen molar-refractivity contribution in [1.82, 2.24) is 0 Å². The van der Waals surface area contributed by atoms with Crippen molar-refractivity contribution >= 4 is 23.4 Å². The largest absolute Gasteiger partial charge is 0.459 e. The van der Waals surface area contributed by atoms with Crippen LogP contribution in [0.3, 0.4) is 0 Å².